The predicted octanol–water partition coefficient (Wildman–Crippen LogP) is 1.64. The zero-order valence-corrected chi connectivity index (χ0v) is 4.28. The molecule has 1 radical (unpaired) electrons. The molecule has 7 heavy (non-hydrogen) atoms. The van der Waals surface area contributed by atoms with Gasteiger partial charge in [0.15, 0.2) is 0 Å². The van der Waals surface area contributed by atoms with Gasteiger partial charge in [0, 0.05) is 12.8 Å². The molecule has 0 aromatic rings. The van der Waals surface area contributed by atoms with Crippen molar-refractivity contribution in [2.75, 3.05) is 0 Å². The van der Waals surface area contributed by atoms with E-state index in [1.807, 2.05) is 0 Å². The average Bonchev–Trinajstić information content (AvgIpc) is 2.22. The minimum absolute atomic E-state index is 0.567. The van der Waals surface area contributed by atoms with Crippen LogP contribution in [-0.4, -0.2) is 5.85 Å². The van der Waals surface area contributed by atoms with Crippen LogP contribution in [0, 0.1) is 6.61 Å². The molecule has 1 saturated carbocycles. The Bertz CT molecular complexity index is 68.5. The first-order valence-electron chi connectivity index (χ1n) is 2.41. The van der Waals surface area contributed by atoms with Crippen LogP contribution < -0.4 is 0 Å². The summed E-state index contributed by atoms with van der Waals surface area (Å²) in [5.41, 5.74) is 0. The first-order valence-corrected chi connectivity index (χ1v) is 2.41. The molecule has 41 valence electrons. The molecule has 1 rings (SSSR count). The van der Waals surface area contributed by atoms with Crippen LogP contribution in [0.25, 0.3) is 0 Å². The number of rotatable bonds is 2. The fraction of sp³-hybridized carbons (Fsp3) is 0.800. The van der Waals surface area contributed by atoms with Crippen molar-refractivity contribution in [1.82, 2.24) is 0 Å². The lowest BCUT2D eigenvalue weighted by Crippen LogP contribution is -2.01. The van der Waals surface area contributed by atoms with Crippen LogP contribution in [0.4, 0.5) is 4.39 Å². The molecule has 0 aliphatic heterocycles. The fourth-order valence-corrected chi connectivity index (χ4v) is 0.427. The number of alkyl halides is 1. The van der Waals surface area contributed by atoms with Crippen LogP contribution in [0.5, 0.6) is 0 Å². The molecule has 1 aliphatic carbocycles. The van der Waals surface area contributed by atoms with Gasteiger partial charge in [0.25, 0.3) is 0 Å². The normalized spacial score (nSPS) is 24.9. The zero-order chi connectivity index (χ0) is 5.33. The summed E-state index contributed by atoms with van der Waals surface area (Å²) >= 11 is 0. The van der Waals surface area contributed by atoms with Gasteiger partial charge >= 0.3 is 0 Å². The van der Waals surface area contributed by atoms with Crippen molar-refractivity contribution >= 4 is 0 Å². The van der Waals surface area contributed by atoms with E-state index in [1.54, 1.807) is 6.92 Å². The second-order valence-electron chi connectivity index (χ2n) is 1.74. The van der Waals surface area contributed by atoms with Crippen molar-refractivity contribution in [2.45, 2.75) is 25.6 Å². The van der Waals surface area contributed by atoms with Gasteiger partial charge in [-0.2, -0.15) is 0 Å². The lowest BCUT2D eigenvalue weighted by atomic mass is 10.7. The molecule has 0 bridgehead atoms. The molecule has 0 aromatic carbocycles. The summed E-state index contributed by atoms with van der Waals surface area (Å²) in [6.45, 7) is 3.08. The molecule has 2 heteroatoms. The molecule has 1 nitrogen and oxygen atoms in total. The quantitative estimate of drug-likeness (QED) is 0.516. The second kappa shape index (κ2) is 1.44. The Balaban J connectivity index is 2.13. The summed E-state index contributed by atoms with van der Waals surface area (Å²) in [4.78, 5) is 0. The number of hydrogen-bond donors (Lipinski definition) is 0. The van der Waals surface area contributed by atoms with Crippen molar-refractivity contribution in [3.63, 3.8) is 0 Å². The highest BCUT2D eigenvalue weighted by atomic mass is 19.2. The highest BCUT2D eigenvalue weighted by Crippen LogP contribution is 2.41. The Morgan fingerprint density at radius 3 is 2.43 bits per heavy atom. The lowest BCUT2D eigenvalue weighted by Gasteiger charge is -2.00. The van der Waals surface area contributed by atoms with E-state index in [4.69, 9.17) is 0 Å². The van der Waals surface area contributed by atoms with Crippen LogP contribution in [-0.2, 0) is 4.74 Å². The predicted molar refractivity (Wildman–Crippen MR) is 24.1 cm³/mol. The number of ether oxygens (including phenoxy) is 1. The van der Waals surface area contributed by atoms with Gasteiger partial charge in [0.05, 0.1) is 6.61 Å². The average molecular weight is 103 g/mol. The monoisotopic (exact) mass is 103 g/mol. The Labute approximate surface area is 42.5 Å². The molecule has 0 spiro atoms. The molecule has 1 aliphatic rings. The smallest absolute Gasteiger partial charge is 0.209 e. The molecule has 0 saturated heterocycles. The van der Waals surface area contributed by atoms with Crippen LogP contribution in [0.3, 0.4) is 0 Å². The Morgan fingerprint density at radius 1 is 1.71 bits per heavy atom. The molecule has 0 N–H and O–H groups in total. The molecule has 0 amide bonds. The highest BCUT2D eigenvalue weighted by molar-refractivity contribution is 4.84. The minimum atomic E-state index is -1.26. The summed E-state index contributed by atoms with van der Waals surface area (Å²) in [5.74, 6) is -1.26. The van der Waals surface area contributed by atoms with Crippen molar-refractivity contribution in [1.29, 1.82) is 0 Å². The van der Waals surface area contributed by atoms with E-state index < -0.39 is 5.85 Å². The van der Waals surface area contributed by atoms with E-state index in [2.05, 4.69) is 4.74 Å². The topological polar surface area (TPSA) is 9.23 Å². The van der Waals surface area contributed by atoms with Gasteiger partial charge in [-0.1, -0.05) is 0 Å². The molecule has 1 fully saturated rings. The maximum absolute atomic E-state index is 12.2. The van der Waals surface area contributed by atoms with Crippen LogP contribution >= 0.6 is 0 Å². The second-order valence-corrected chi connectivity index (χ2v) is 1.74. The summed E-state index contributed by atoms with van der Waals surface area (Å²) in [7, 11) is 0. The Hall–Kier alpha value is -0.110. The summed E-state index contributed by atoms with van der Waals surface area (Å²) in [6, 6.07) is 0. The fourth-order valence-electron chi connectivity index (χ4n) is 0.427. The van der Waals surface area contributed by atoms with Crippen molar-refractivity contribution in [2.24, 2.45) is 0 Å². The van der Waals surface area contributed by atoms with E-state index in [0.717, 1.165) is 0 Å². The molecule has 0 aromatic heterocycles. The van der Waals surface area contributed by atoms with E-state index in [9.17, 15) is 4.39 Å². The van der Waals surface area contributed by atoms with Gasteiger partial charge in [-0.15, -0.1) is 0 Å². The van der Waals surface area contributed by atoms with E-state index in [0.29, 0.717) is 12.8 Å². The third-order valence-electron chi connectivity index (χ3n) is 0.972. The molecule has 0 unspecified atom stereocenters. The summed E-state index contributed by atoms with van der Waals surface area (Å²) in [5, 5.41) is 0. The van der Waals surface area contributed by atoms with Crippen LogP contribution in [0.1, 0.15) is 19.8 Å². The van der Waals surface area contributed by atoms with E-state index in [1.165, 1.54) is 6.61 Å². The Morgan fingerprint density at radius 2 is 2.29 bits per heavy atom. The van der Waals surface area contributed by atoms with Gasteiger partial charge in [-0.25, -0.2) is 4.39 Å². The molecular weight excluding hydrogens is 95.1 g/mol. The van der Waals surface area contributed by atoms with Crippen LogP contribution in [0.15, 0.2) is 0 Å². The Kier molecular flexibility index (Phi) is 1.04. The summed E-state index contributed by atoms with van der Waals surface area (Å²) in [6.07, 6.45) is 1.13. The first kappa shape index (κ1) is 5.04. The highest BCUT2D eigenvalue weighted by Gasteiger charge is 2.44. The molecule has 0 heterocycles. The van der Waals surface area contributed by atoms with E-state index in [-0.39, 0.29) is 0 Å². The molecule has 0 atom stereocenters. The minimum Gasteiger partial charge on any atom is -0.340 e. The van der Waals surface area contributed by atoms with Gasteiger partial charge in [0.2, 0.25) is 5.85 Å². The SMILES string of the molecule is C[CH]OC1(F)CC1. The number of hydrogen-bond acceptors (Lipinski definition) is 1. The molecular formula is C5H8FO. The maximum Gasteiger partial charge on any atom is 0.209 e. The third-order valence-corrected chi connectivity index (χ3v) is 0.972. The number of halogens is 1. The first-order chi connectivity index (χ1) is 3.27. The van der Waals surface area contributed by atoms with Crippen molar-refractivity contribution in [3.05, 3.63) is 6.61 Å². The van der Waals surface area contributed by atoms with Crippen molar-refractivity contribution < 1.29 is 9.13 Å². The van der Waals surface area contributed by atoms with Gasteiger partial charge in [-0.3, -0.25) is 0 Å². The standard InChI is InChI=1S/C5H8FO/c1-2-7-5(6)3-4-5/h2H,3-4H2,1H3. The third kappa shape index (κ3) is 1.13. The van der Waals surface area contributed by atoms with Gasteiger partial charge in [-0.05, 0) is 6.92 Å². The van der Waals surface area contributed by atoms with E-state index >= 15 is 0 Å². The maximum atomic E-state index is 12.2. The van der Waals surface area contributed by atoms with Crippen molar-refractivity contribution in [3.8, 4) is 0 Å². The zero-order valence-electron chi connectivity index (χ0n) is 4.28. The lowest BCUT2D eigenvalue weighted by molar-refractivity contribution is -0.0253. The summed E-state index contributed by atoms with van der Waals surface area (Å²) < 4.78 is 16.8. The van der Waals surface area contributed by atoms with Crippen LogP contribution in [0.2, 0.25) is 0 Å². The largest absolute Gasteiger partial charge is 0.340 e. The van der Waals surface area contributed by atoms with Gasteiger partial charge < -0.3 is 4.74 Å². The van der Waals surface area contributed by atoms with Gasteiger partial charge in [0.1, 0.15) is 0 Å².